The average molecular weight is 245 g/mol. The molecule has 1 N–H and O–H groups in total. The first-order chi connectivity index (χ1) is 8.79. The van der Waals surface area contributed by atoms with E-state index in [1.54, 1.807) is 0 Å². The molecule has 1 heteroatoms. The summed E-state index contributed by atoms with van der Waals surface area (Å²) < 4.78 is 0. The first kappa shape index (κ1) is 13.5. The van der Waals surface area contributed by atoms with E-state index in [1.165, 1.54) is 55.3 Å². The van der Waals surface area contributed by atoms with Gasteiger partial charge in [-0.2, -0.15) is 0 Å². The molecule has 0 spiro atoms. The van der Waals surface area contributed by atoms with Gasteiger partial charge in [0.25, 0.3) is 0 Å². The van der Waals surface area contributed by atoms with Crippen LogP contribution in [-0.2, 0) is 6.42 Å². The van der Waals surface area contributed by atoms with Gasteiger partial charge < -0.3 is 5.32 Å². The third-order valence-electron chi connectivity index (χ3n) is 4.29. The highest BCUT2D eigenvalue weighted by atomic mass is 14.9. The molecule has 1 saturated carbocycles. The number of nitrogens with one attached hydrogen (secondary N) is 1. The van der Waals surface area contributed by atoms with Crippen LogP contribution < -0.4 is 5.32 Å². The van der Waals surface area contributed by atoms with Crippen molar-refractivity contribution < 1.29 is 0 Å². The Morgan fingerprint density at radius 3 is 2.44 bits per heavy atom. The Hall–Kier alpha value is -0.980. The van der Waals surface area contributed by atoms with Gasteiger partial charge in [-0.25, -0.2) is 0 Å². The molecule has 1 aromatic carbocycles. The Bertz CT molecular complexity index is 362. The molecule has 1 aliphatic rings. The highest BCUT2D eigenvalue weighted by Gasteiger charge is 2.11. The summed E-state index contributed by atoms with van der Waals surface area (Å²) in [6.45, 7) is 5.60. The van der Waals surface area contributed by atoms with Gasteiger partial charge >= 0.3 is 0 Å². The van der Waals surface area contributed by atoms with Gasteiger partial charge in [0, 0.05) is 12.2 Å². The maximum atomic E-state index is 3.63. The van der Waals surface area contributed by atoms with E-state index < -0.39 is 0 Å². The van der Waals surface area contributed by atoms with Crippen LogP contribution in [0, 0.1) is 12.8 Å². The Morgan fingerprint density at radius 2 is 1.83 bits per heavy atom. The molecule has 18 heavy (non-hydrogen) atoms. The molecule has 0 bridgehead atoms. The van der Waals surface area contributed by atoms with Gasteiger partial charge in [-0.3, -0.25) is 0 Å². The molecule has 1 aliphatic carbocycles. The first-order valence-corrected chi connectivity index (χ1v) is 7.63. The molecular formula is C17H27N. The predicted octanol–water partition coefficient (Wildman–Crippen LogP) is 4.94. The van der Waals surface area contributed by atoms with Gasteiger partial charge in [-0.15, -0.1) is 0 Å². The van der Waals surface area contributed by atoms with Crippen molar-refractivity contribution in [2.24, 2.45) is 5.92 Å². The fourth-order valence-corrected chi connectivity index (χ4v) is 3.03. The SMILES string of the molecule is CCc1ccc(NCC2CCCCCC2)cc1C. The van der Waals surface area contributed by atoms with Gasteiger partial charge in [-0.05, 0) is 55.4 Å². The molecule has 0 saturated heterocycles. The van der Waals surface area contributed by atoms with Crippen molar-refractivity contribution in [1.82, 2.24) is 0 Å². The standard InChI is InChI=1S/C17H27N/c1-3-16-10-11-17(12-14(16)2)18-13-15-8-6-4-5-7-9-15/h10-12,15,18H,3-9,13H2,1-2H3. The van der Waals surface area contributed by atoms with Crippen LogP contribution in [0.5, 0.6) is 0 Å². The summed E-state index contributed by atoms with van der Waals surface area (Å²) in [6, 6.07) is 6.81. The van der Waals surface area contributed by atoms with Crippen molar-refractivity contribution in [3.05, 3.63) is 29.3 Å². The average Bonchev–Trinajstić information content (AvgIpc) is 2.65. The highest BCUT2D eigenvalue weighted by Crippen LogP contribution is 2.23. The van der Waals surface area contributed by atoms with E-state index in [0.29, 0.717) is 0 Å². The van der Waals surface area contributed by atoms with Crippen LogP contribution in [0.2, 0.25) is 0 Å². The number of hydrogen-bond donors (Lipinski definition) is 1. The normalized spacial score (nSPS) is 17.4. The smallest absolute Gasteiger partial charge is 0.0343 e. The lowest BCUT2D eigenvalue weighted by Gasteiger charge is -2.16. The zero-order valence-corrected chi connectivity index (χ0v) is 12.0. The third-order valence-corrected chi connectivity index (χ3v) is 4.29. The Labute approximate surface area is 112 Å². The first-order valence-electron chi connectivity index (χ1n) is 7.63. The minimum Gasteiger partial charge on any atom is -0.385 e. The molecule has 1 aromatic rings. The van der Waals surface area contributed by atoms with Gasteiger partial charge in [0.2, 0.25) is 0 Å². The second-order valence-electron chi connectivity index (χ2n) is 5.73. The predicted molar refractivity (Wildman–Crippen MR) is 80.2 cm³/mol. The summed E-state index contributed by atoms with van der Waals surface area (Å²) in [6.07, 6.45) is 9.72. The molecule has 0 unspecified atom stereocenters. The topological polar surface area (TPSA) is 12.0 Å². The van der Waals surface area contributed by atoms with Crippen LogP contribution in [0.3, 0.4) is 0 Å². The van der Waals surface area contributed by atoms with E-state index in [0.717, 1.165) is 18.9 Å². The molecule has 0 aromatic heterocycles. The molecule has 100 valence electrons. The monoisotopic (exact) mass is 245 g/mol. The van der Waals surface area contributed by atoms with E-state index in [1.807, 2.05) is 0 Å². The number of hydrogen-bond acceptors (Lipinski definition) is 1. The van der Waals surface area contributed by atoms with E-state index in [-0.39, 0.29) is 0 Å². The van der Waals surface area contributed by atoms with Crippen molar-refractivity contribution in [3.63, 3.8) is 0 Å². The van der Waals surface area contributed by atoms with E-state index >= 15 is 0 Å². The van der Waals surface area contributed by atoms with Gasteiger partial charge in [-0.1, -0.05) is 38.7 Å². The van der Waals surface area contributed by atoms with E-state index in [4.69, 9.17) is 0 Å². The zero-order chi connectivity index (χ0) is 12.8. The Morgan fingerprint density at radius 1 is 1.11 bits per heavy atom. The quantitative estimate of drug-likeness (QED) is 0.741. The minimum atomic E-state index is 0.888. The summed E-state index contributed by atoms with van der Waals surface area (Å²) >= 11 is 0. The van der Waals surface area contributed by atoms with Crippen molar-refractivity contribution in [2.45, 2.75) is 58.8 Å². The summed E-state index contributed by atoms with van der Waals surface area (Å²) in [5.74, 6) is 0.888. The van der Waals surface area contributed by atoms with Crippen molar-refractivity contribution in [2.75, 3.05) is 11.9 Å². The summed E-state index contributed by atoms with van der Waals surface area (Å²) in [7, 11) is 0. The molecule has 1 nitrogen and oxygen atoms in total. The fourth-order valence-electron chi connectivity index (χ4n) is 3.03. The molecule has 2 rings (SSSR count). The third kappa shape index (κ3) is 3.76. The van der Waals surface area contributed by atoms with E-state index in [2.05, 4.69) is 37.4 Å². The second-order valence-corrected chi connectivity index (χ2v) is 5.73. The molecule has 0 atom stereocenters. The summed E-state index contributed by atoms with van der Waals surface area (Å²) in [5.41, 5.74) is 4.19. The van der Waals surface area contributed by atoms with Crippen molar-refractivity contribution >= 4 is 5.69 Å². The molecular weight excluding hydrogens is 218 g/mol. The van der Waals surface area contributed by atoms with Crippen molar-refractivity contribution in [3.8, 4) is 0 Å². The van der Waals surface area contributed by atoms with Crippen LogP contribution in [-0.4, -0.2) is 6.54 Å². The maximum Gasteiger partial charge on any atom is 0.0343 e. The number of anilines is 1. The van der Waals surface area contributed by atoms with Crippen LogP contribution in [0.15, 0.2) is 18.2 Å². The maximum absolute atomic E-state index is 3.63. The Balaban J connectivity index is 1.87. The summed E-state index contributed by atoms with van der Waals surface area (Å²) in [5, 5.41) is 3.63. The van der Waals surface area contributed by atoms with Gasteiger partial charge in [0.05, 0.1) is 0 Å². The van der Waals surface area contributed by atoms with Crippen LogP contribution >= 0.6 is 0 Å². The zero-order valence-electron chi connectivity index (χ0n) is 12.0. The summed E-state index contributed by atoms with van der Waals surface area (Å²) in [4.78, 5) is 0. The number of rotatable bonds is 4. The molecule has 0 heterocycles. The number of benzene rings is 1. The lowest BCUT2D eigenvalue weighted by molar-refractivity contribution is 0.483. The van der Waals surface area contributed by atoms with Crippen LogP contribution in [0.4, 0.5) is 5.69 Å². The van der Waals surface area contributed by atoms with Gasteiger partial charge in [0.15, 0.2) is 0 Å². The molecule has 1 fully saturated rings. The molecule has 0 amide bonds. The minimum absolute atomic E-state index is 0.888. The second kappa shape index (κ2) is 6.82. The van der Waals surface area contributed by atoms with E-state index in [9.17, 15) is 0 Å². The fraction of sp³-hybridized carbons (Fsp3) is 0.647. The van der Waals surface area contributed by atoms with Crippen LogP contribution in [0.25, 0.3) is 0 Å². The van der Waals surface area contributed by atoms with Crippen molar-refractivity contribution in [1.29, 1.82) is 0 Å². The van der Waals surface area contributed by atoms with Gasteiger partial charge in [0.1, 0.15) is 0 Å². The molecule has 0 radical (unpaired) electrons. The lowest BCUT2D eigenvalue weighted by atomic mass is 10.00. The Kier molecular flexibility index (Phi) is 5.10. The molecule has 0 aliphatic heterocycles. The lowest BCUT2D eigenvalue weighted by Crippen LogP contribution is -2.13. The highest BCUT2D eigenvalue weighted by molar-refractivity contribution is 5.48. The largest absolute Gasteiger partial charge is 0.385 e. The number of aryl methyl sites for hydroxylation is 2. The van der Waals surface area contributed by atoms with Crippen LogP contribution in [0.1, 0.15) is 56.6 Å².